The number of aromatic nitrogens is 1. The number of pyridine rings is 1. The maximum Gasteiger partial charge on any atom is 0.222 e. The van der Waals surface area contributed by atoms with Crippen LogP contribution in [0.5, 0.6) is 5.88 Å². The van der Waals surface area contributed by atoms with Gasteiger partial charge in [0.05, 0.1) is 19.0 Å². The Morgan fingerprint density at radius 1 is 1.50 bits per heavy atom. The Kier molecular flexibility index (Phi) is 4.02. The number of hydrogen-bond acceptors (Lipinski definition) is 4. The molecular weight excluding hydrogens is 230 g/mol. The number of carbonyl (C=O) groups is 1. The van der Waals surface area contributed by atoms with Crippen LogP contribution >= 0.6 is 0 Å². The largest absolute Gasteiger partial charge is 0.481 e. The molecule has 0 aliphatic carbocycles. The second-order valence-electron chi connectivity index (χ2n) is 4.46. The Hall–Kier alpha value is -1.78. The number of anilines is 1. The first kappa shape index (κ1) is 12.7. The fourth-order valence-electron chi connectivity index (χ4n) is 2.06. The lowest BCUT2D eigenvalue weighted by Crippen LogP contribution is -2.33. The van der Waals surface area contributed by atoms with Gasteiger partial charge in [-0.1, -0.05) is 0 Å². The first-order valence-electron chi connectivity index (χ1n) is 6.19. The Labute approximate surface area is 107 Å². The van der Waals surface area contributed by atoms with Crippen molar-refractivity contribution in [1.29, 1.82) is 0 Å². The van der Waals surface area contributed by atoms with E-state index in [0.717, 1.165) is 31.7 Å². The summed E-state index contributed by atoms with van der Waals surface area (Å²) in [7, 11) is 3.61. The molecule has 0 aromatic carbocycles. The molecule has 1 aliphatic rings. The quantitative estimate of drug-likeness (QED) is 0.785. The van der Waals surface area contributed by atoms with Crippen molar-refractivity contribution in [3.05, 3.63) is 18.3 Å². The topological polar surface area (TPSA) is 45.7 Å². The van der Waals surface area contributed by atoms with E-state index in [9.17, 15) is 4.79 Å². The van der Waals surface area contributed by atoms with Gasteiger partial charge >= 0.3 is 0 Å². The standard InChI is InChI=1S/C13H19N3O2/c1-15(8-9-16-7-3-4-13(16)17)11-5-6-12(18-2)14-10-11/h5-6,10H,3-4,7-9H2,1-2H3. The van der Waals surface area contributed by atoms with Crippen LogP contribution in [0.1, 0.15) is 12.8 Å². The van der Waals surface area contributed by atoms with E-state index in [1.165, 1.54) is 0 Å². The molecule has 98 valence electrons. The summed E-state index contributed by atoms with van der Waals surface area (Å²) >= 11 is 0. The van der Waals surface area contributed by atoms with E-state index < -0.39 is 0 Å². The highest BCUT2D eigenvalue weighted by atomic mass is 16.5. The third-order valence-electron chi connectivity index (χ3n) is 3.25. The van der Waals surface area contributed by atoms with Crippen LogP contribution in [0.2, 0.25) is 0 Å². The Bertz CT molecular complexity index is 405. The fraction of sp³-hybridized carbons (Fsp3) is 0.538. The van der Waals surface area contributed by atoms with Crippen molar-refractivity contribution in [2.24, 2.45) is 0 Å². The second kappa shape index (κ2) is 5.71. The van der Waals surface area contributed by atoms with Crippen LogP contribution < -0.4 is 9.64 Å². The van der Waals surface area contributed by atoms with Gasteiger partial charge in [0.25, 0.3) is 0 Å². The molecule has 0 unspecified atom stereocenters. The minimum Gasteiger partial charge on any atom is -0.481 e. The van der Waals surface area contributed by atoms with Gasteiger partial charge in [0.2, 0.25) is 11.8 Å². The van der Waals surface area contributed by atoms with Crippen molar-refractivity contribution in [2.45, 2.75) is 12.8 Å². The van der Waals surface area contributed by atoms with Crippen molar-refractivity contribution in [3.63, 3.8) is 0 Å². The minimum atomic E-state index is 0.274. The zero-order chi connectivity index (χ0) is 13.0. The van der Waals surface area contributed by atoms with Gasteiger partial charge in [-0.2, -0.15) is 0 Å². The molecule has 1 amide bonds. The van der Waals surface area contributed by atoms with Gasteiger partial charge < -0.3 is 14.5 Å². The zero-order valence-corrected chi connectivity index (χ0v) is 10.9. The van der Waals surface area contributed by atoms with E-state index in [1.807, 2.05) is 24.1 Å². The van der Waals surface area contributed by atoms with Crippen molar-refractivity contribution < 1.29 is 9.53 Å². The van der Waals surface area contributed by atoms with E-state index >= 15 is 0 Å². The number of likely N-dealkylation sites (N-methyl/N-ethyl adjacent to an activating group) is 1. The number of nitrogens with zero attached hydrogens (tertiary/aromatic N) is 3. The Morgan fingerprint density at radius 2 is 2.33 bits per heavy atom. The summed E-state index contributed by atoms with van der Waals surface area (Å²) in [5.74, 6) is 0.887. The van der Waals surface area contributed by atoms with Crippen LogP contribution in [0.3, 0.4) is 0 Å². The molecule has 2 rings (SSSR count). The molecule has 5 heteroatoms. The lowest BCUT2D eigenvalue weighted by Gasteiger charge is -2.23. The smallest absolute Gasteiger partial charge is 0.222 e. The average Bonchev–Trinajstić information content (AvgIpc) is 2.81. The van der Waals surface area contributed by atoms with Gasteiger partial charge in [0.1, 0.15) is 0 Å². The van der Waals surface area contributed by atoms with Crippen molar-refractivity contribution in [1.82, 2.24) is 9.88 Å². The highest BCUT2D eigenvalue weighted by molar-refractivity contribution is 5.78. The molecule has 1 aliphatic heterocycles. The lowest BCUT2D eigenvalue weighted by molar-refractivity contribution is -0.127. The monoisotopic (exact) mass is 249 g/mol. The third kappa shape index (κ3) is 2.91. The maximum absolute atomic E-state index is 11.5. The van der Waals surface area contributed by atoms with E-state index in [0.29, 0.717) is 12.3 Å². The number of carbonyl (C=O) groups excluding carboxylic acids is 1. The Morgan fingerprint density at radius 3 is 2.89 bits per heavy atom. The van der Waals surface area contributed by atoms with Gasteiger partial charge in [-0.05, 0) is 12.5 Å². The molecule has 1 aromatic heterocycles. The minimum absolute atomic E-state index is 0.274. The van der Waals surface area contributed by atoms with E-state index in [-0.39, 0.29) is 5.91 Å². The number of ether oxygens (including phenoxy) is 1. The molecule has 0 radical (unpaired) electrons. The van der Waals surface area contributed by atoms with Crippen LogP contribution in [0.4, 0.5) is 5.69 Å². The van der Waals surface area contributed by atoms with Gasteiger partial charge in [0.15, 0.2) is 0 Å². The van der Waals surface area contributed by atoms with Gasteiger partial charge in [0, 0.05) is 39.2 Å². The average molecular weight is 249 g/mol. The highest BCUT2D eigenvalue weighted by Gasteiger charge is 2.19. The molecule has 18 heavy (non-hydrogen) atoms. The SMILES string of the molecule is COc1ccc(N(C)CCN2CCCC2=O)cn1. The summed E-state index contributed by atoms with van der Waals surface area (Å²) in [6.07, 6.45) is 3.48. The van der Waals surface area contributed by atoms with Crippen molar-refractivity contribution >= 4 is 11.6 Å². The van der Waals surface area contributed by atoms with Gasteiger partial charge in [-0.3, -0.25) is 4.79 Å². The first-order valence-corrected chi connectivity index (χ1v) is 6.19. The van der Waals surface area contributed by atoms with Crippen LogP contribution in [0.15, 0.2) is 18.3 Å². The lowest BCUT2D eigenvalue weighted by atomic mass is 10.3. The zero-order valence-electron chi connectivity index (χ0n) is 10.9. The predicted octanol–water partition coefficient (Wildman–Crippen LogP) is 1.15. The summed E-state index contributed by atoms with van der Waals surface area (Å²) in [6, 6.07) is 3.81. The molecular formula is C13H19N3O2. The van der Waals surface area contributed by atoms with Crippen molar-refractivity contribution in [2.75, 3.05) is 38.7 Å². The molecule has 5 nitrogen and oxygen atoms in total. The summed E-state index contributed by atoms with van der Waals surface area (Å²) in [5.41, 5.74) is 1.03. The number of methoxy groups -OCH3 is 1. The van der Waals surface area contributed by atoms with E-state index in [2.05, 4.69) is 9.88 Å². The highest BCUT2D eigenvalue weighted by Crippen LogP contribution is 2.15. The summed E-state index contributed by atoms with van der Waals surface area (Å²) in [6.45, 7) is 2.49. The predicted molar refractivity (Wildman–Crippen MR) is 69.9 cm³/mol. The molecule has 0 bridgehead atoms. The number of hydrogen-bond donors (Lipinski definition) is 0. The molecule has 0 N–H and O–H groups in total. The van der Waals surface area contributed by atoms with Crippen LogP contribution in [0.25, 0.3) is 0 Å². The molecule has 1 saturated heterocycles. The van der Waals surface area contributed by atoms with Crippen LogP contribution in [-0.4, -0.2) is 49.6 Å². The molecule has 1 aromatic rings. The van der Waals surface area contributed by atoms with Gasteiger partial charge in [-0.25, -0.2) is 4.98 Å². The van der Waals surface area contributed by atoms with E-state index in [4.69, 9.17) is 4.74 Å². The van der Waals surface area contributed by atoms with Crippen LogP contribution in [0, 0.1) is 0 Å². The van der Waals surface area contributed by atoms with Crippen molar-refractivity contribution in [3.8, 4) is 5.88 Å². The van der Waals surface area contributed by atoms with Crippen LogP contribution in [-0.2, 0) is 4.79 Å². The molecule has 1 fully saturated rings. The summed E-state index contributed by atoms with van der Waals surface area (Å²) in [4.78, 5) is 19.7. The second-order valence-corrected chi connectivity index (χ2v) is 4.46. The third-order valence-corrected chi connectivity index (χ3v) is 3.25. The summed E-state index contributed by atoms with van der Waals surface area (Å²) in [5, 5.41) is 0. The molecule has 0 atom stereocenters. The number of amides is 1. The fourth-order valence-corrected chi connectivity index (χ4v) is 2.06. The molecule has 2 heterocycles. The molecule has 0 saturated carbocycles. The molecule has 0 spiro atoms. The van der Waals surface area contributed by atoms with Gasteiger partial charge in [-0.15, -0.1) is 0 Å². The number of rotatable bonds is 5. The first-order chi connectivity index (χ1) is 8.70. The Balaban J connectivity index is 1.86. The normalized spacial score (nSPS) is 15.0. The maximum atomic E-state index is 11.5. The van der Waals surface area contributed by atoms with E-state index in [1.54, 1.807) is 13.3 Å². The summed E-state index contributed by atoms with van der Waals surface area (Å²) < 4.78 is 5.02. The number of likely N-dealkylation sites (tertiary alicyclic amines) is 1.